The zero-order valence-electron chi connectivity index (χ0n) is 12.1. The Kier molecular flexibility index (Phi) is 3.74. The van der Waals surface area contributed by atoms with E-state index in [1.165, 1.54) is 0 Å². The highest BCUT2D eigenvalue weighted by atomic mass is 32.2. The van der Waals surface area contributed by atoms with Crippen LogP contribution in [0, 0.1) is 20.8 Å². The molecule has 6 nitrogen and oxygen atoms in total. The number of rotatable bonds is 4. The normalized spacial score (nSPS) is 11.0. The molecule has 0 atom stereocenters. The highest BCUT2D eigenvalue weighted by molar-refractivity contribution is 7.98. The van der Waals surface area contributed by atoms with Crippen molar-refractivity contribution in [3.63, 3.8) is 0 Å². The lowest BCUT2D eigenvalue weighted by molar-refractivity contribution is 0.391. The van der Waals surface area contributed by atoms with Gasteiger partial charge in [-0.2, -0.15) is 5.10 Å². The van der Waals surface area contributed by atoms with E-state index < -0.39 is 0 Å². The van der Waals surface area contributed by atoms with Gasteiger partial charge in [0.2, 0.25) is 0 Å². The van der Waals surface area contributed by atoms with Crippen molar-refractivity contribution >= 4 is 11.8 Å². The van der Waals surface area contributed by atoms with Gasteiger partial charge in [0.15, 0.2) is 5.82 Å². The Morgan fingerprint density at radius 2 is 1.95 bits per heavy atom. The maximum absolute atomic E-state index is 5.16. The monoisotopic (exact) mass is 301 g/mol. The summed E-state index contributed by atoms with van der Waals surface area (Å²) in [5.74, 6) is 2.25. The van der Waals surface area contributed by atoms with Crippen LogP contribution in [0.5, 0.6) is 0 Å². The second kappa shape index (κ2) is 5.69. The molecule has 7 heteroatoms. The van der Waals surface area contributed by atoms with Gasteiger partial charge in [-0.15, -0.1) is 10.2 Å². The summed E-state index contributed by atoms with van der Waals surface area (Å²) in [6.45, 7) is 5.86. The Bertz CT molecular complexity index is 747. The van der Waals surface area contributed by atoms with Crippen LogP contribution in [-0.2, 0) is 5.75 Å². The van der Waals surface area contributed by atoms with Crippen molar-refractivity contribution in [2.45, 2.75) is 31.6 Å². The predicted octanol–water partition coefficient (Wildman–Crippen LogP) is 2.87. The number of hydrogen-bond donors (Lipinski definition) is 0. The van der Waals surface area contributed by atoms with Gasteiger partial charge in [0.1, 0.15) is 10.8 Å². The molecule has 0 unspecified atom stereocenters. The molecular formula is C14H15N5OS. The lowest BCUT2D eigenvalue weighted by atomic mass is 10.4. The Hall–Kier alpha value is -2.15. The maximum Gasteiger partial charge on any atom is 0.175 e. The van der Waals surface area contributed by atoms with Crippen LogP contribution < -0.4 is 0 Å². The molecule has 0 amide bonds. The lowest BCUT2D eigenvalue weighted by Gasteiger charge is -2.03. The fourth-order valence-electron chi connectivity index (χ4n) is 1.99. The average Bonchev–Trinajstić information content (AvgIpc) is 3.03. The molecule has 0 radical (unpaired) electrons. The van der Waals surface area contributed by atoms with E-state index in [4.69, 9.17) is 4.52 Å². The quantitative estimate of drug-likeness (QED) is 0.690. The minimum absolute atomic E-state index is 0.689. The molecule has 3 aromatic rings. The van der Waals surface area contributed by atoms with Crippen molar-refractivity contribution in [3.05, 3.63) is 47.1 Å². The Morgan fingerprint density at radius 3 is 2.52 bits per heavy atom. The third-order valence-electron chi connectivity index (χ3n) is 2.89. The second-order valence-electron chi connectivity index (χ2n) is 4.79. The summed E-state index contributed by atoms with van der Waals surface area (Å²) in [7, 11) is 0. The van der Waals surface area contributed by atoms with E-state index in [0.717, 1.165) is 33.7 Å². The molecule has 3 aromatic heterocycles. The summed E-state index contributed by atoms with van der Waals surface area (Å²) in [5, 5.41) is 17.5. The Labute approximate surface area is 126 Å². The molecule has 3 rings (SSSR count). The van der Waals surface area contributed by atoms with Crippen LogP contribution in [0.4, 0.5) is 0 Å². The minimum Gasteiger partial charge on any atom is -0.360 e. The van der Waals surface area contributed by atoms with Crippen LogP contribution >= 0.6 is 11.8 Å². The Balaban J connectivity index is 1.70. The van der Waals surface area contributed by atoms with Crippen molar-refractivity contribution in [1.29, 1.82) is 0 Å². The van der Waals surface area contributed by atoms with Gasteiger partial charge in [0.25, 0.3) is 0 Å². The zero-order chi connectivity index (χ0) is 14.8. The van der Waals surface area contributed by atoms with Crippen molar-refractivity contribution in [3.8, 4) is 5.82 Å². The summed E-state index contributed by atoms with van der Waals surface area (Å²) in [4.78, 5) is 0. The first-order valence-electron chi connectivity index (χ1n) is 6.54. The summed E-state index contributed by atoms with van der Waals surface area (Å²) >= 11 is 1.56. The molecular weight excluding hydrogens is 286 g/mol. The third kappa shape index (κ3) is 3.13. The molecule has 0 N–H and O–H groups in total. The highest BCUT2D eigenvalue weighted by Gasteiger charge is 2.07. The van der Waals surface area contributed by atoms with Gasteiger partial charge in [-0.05, 0) is 39.0 Å². The second-order valence-corrected chi connectivity index (χ2v) is 5.79. The first kappa shape index (κ1) is 13.8. The van der Waals surface area contributed by atoms with Gasteiger partial charge in [0.05, 0.1) is 17.1 Å². The SMILES string of the molecule is Cc1cc(CSc2ccc(-n3nc(C)cc3C)nn2)on1. The number of nitrogens with zero attached hydrogens (tertiary/aromatic N) is 5. The number of aromatic nitrogens is 5. The van der Waals surface area contributed by atoms with Crippen LogP contribution in [0.2, 0.25) is 0 Å². The fourth-order valence-corrected chi connectivity index (χ4v) is 2.68. The molecule has 0 bridgehead atoms. The summed E-state index contributed by atoms with van der Waals surface area (Å²) in [5.41, 5.74) is 2.89. The van der Waals surface area contributed by atoms with E-state index in [-0.39, 0.29) is 0 Å². The molecule has 0 aromatic carbocycles. The zero-order valence-corrected chi connectivity index (χ0v) is 12.9. The summed E-state index contributed by atoms with van der Waals surface area (Å²) in [6, 6.07) is 7.79. The molecule has 0 saturated carbocycles. The molecule has 3 heterocycles. The van der Waals surface area contributed by atoms with Crippen LogP contribution in [-0.4, -0.2) is 25.1 Å². The van der Waals surface area contributed by atoms with Crippen molar-refractivity contribution in [1.82, 2.24) is 25.1 Å². The largest absolute Gasteiger partial charge is 0.360 e. The van der Waals surface area contributed by atoms with Gasteiger partial charge in [-0.1, -0.05) is 16.9 Å². The van der Waals surface area contributed by atoms with E-state index in [1.54, 1.807) is 16.4 Å². The molecule has 0 saturated heterocycles. The first-order valence-corrected chi connectivity index (χ1v) is 7.53. The van der Waals surface area contributed by atoms with Crippen LogP contribution in [0.1, 0.15) is 22.8 Å². The third-order valence-corrected chi connectivity index (χ3v) is 3.83. The molecule has 0 spiro atoms. The van der Waals surface area contributed by atoms with Crippen LogP contribution in [0.3, 0.4) is 0 Å². The van der Waals surface area contributed by atoms with E-state index in [9.17, 15) is 0 Å². The van der Waals surface area contributed by atoms with Gasteiger partial charge in [-0.3, -0.25) is 0 Å². The van der Waals surface area contributed by atoms with Gasteiger partial charge < -0.3 is 4.52 Å². The average molecular weight is 301 g/mol. The van der Waals surface area contributed by atoms with Crippen molar-refractivity contribution in [2.24, 2.45) is 0 Å². The van der Waals surface area contributed by atoms with E-state index in [0.29, 0.717) is 5.75 Å². The predicted molar refractivity (Wildman–Crippen MR) is 79.4 cm³/mol. The van der Waals surface area contributed by atoms with E-state index in [2.05, 4.69) is 20.5 Å². The smallest absolute Gasteiger partial charge is 0.175 e. The van der Waals surface area contributed by atoms with Crippen LogP contribution in [0.15, 0.2) is 33.8 Å². The molecule has 0 aliphatic rings. The topological polar surface area (TPSA) is 69.6 Å². The number of thioether (sulfide) groups is 1. The van der Waals surface area contributed by atoms with Crippen LogP contribution in [0.25, 0.3) is 5.82 Å². The highest BCUT2D eigenvalue weighted by Crippen LogP contribution is 2.21. The molecule has 21 heavy (non-hydrogen) atoms. The first-order chi connectivity index (χ1) is 10.1. The standard InChI is InChI=1S/C14H15N5OS/c1-9-6-11(3)19(17-9)13-4-5-14(16-15-13)21-8-12-7-10(2)18-20-12/h4-7H,8H2,1-3H3. The molecule has 0 aliphatic heterocycles. The van der Waals surface area contributed by atoms with E-state index >= 15 is 0 Å². The van der Waals surface area contributed by atoms with Crippen molar-refractivity contribution < 1.29 is 4.52 Å². The summed E-state index contributed by atoms with van der Waals surface area (Å²) in [6.07, 6.45) is 0. The van der Waals surface area contributed by atoms with E-state index in [1.807, 2.05) is 45.0 Å². The Morgan fingerprint density at radius 1 is 1.10 bits per heavy atom. The molecule has 0 fully saturated rings. The molecule has 0 aliphatic carbocycles. The van der Waals surface area contributed by atoms with Gasteiger partial charge in [-0.25, -0.2) is 4.68 Å². The van der Waals surface area contributed by atoms with Crippen molar-refractivity contribution in [2.75, 3.05) is 0 Å². The fraction of sp³-hybridized carbons (Fsp3) is 0.286. The molecule has 108 valence electrons. The van der Waals surface area contributed by atoms with Gasteiger partial charge in [0, 0.05) is 11.8 Å². The summed E-state index contributed by atoms with van der Waals surface area (Å²) < 4.78 is 6.95. The minimum atomic E-state index is 0.689. The number of aryl methyl sites for hydroxylation is 3. The van der Waals surface area contributed by atoms with Gasteiger partial charge >= 0.3 is 0 Å². The number of hydrogen-bond acceptors (Lipinski definition) is 6. The maximum atomic E-state index is 5.16. The lowest BCUT2D eigenvalue weighted by Crippen LogP contribution is -2.03.